The third-order valence-electron chi connectivity index (χ3n) is 3.29. The minimum Gasteiger partial charge on any atom is -0.489 e. The molecular formula is C17H23N3O2. The van der Waals surface area contributed by atoms with E-state index in [1.54, 1.807) is 6.07 Å². The number of aliphatic hydroxyl groups is 1. The Labute approximate surface area is 131 Å². The van der Waals surface area contributed by atoms with Gasteiger partial charge in [-0.3, -0.25) is 0 Å². The molecule has 0 aliphatic carbocycles. The van der Waals surface area contributed by atoms with E-state index in [0.29, 0.717) is 18.0 Å². The van der Waals surface area contributed by atoms with Crippen molar-refractivity contribution >= 4 is 17.1 Å². The third-order valence-corrected chi connectivity index (χ3v) is 3.29. The van der Waals surface area contributed by atoms with E-state index in [1.807, 2.05) is 26.2 Å². The van der Waals surface area contributed by atoms with E-state index in [4.69, 9.17) is 15.6 Å². The van der Waals surface area contributed by atoms with Gasteiger partial charge in [0.1, 0.15) is 12.4 Å². The standard InChI is InChI=1S/C17H23N3O2/c1-20(2)15-6-3-13(4-7-15)12-19-16-11-14(18)5-8-17(16)22-10-9-21/h3-8,11,19,21H,9-10,12,18H2,1-2H3. The van der Waals surface area contributed by atoms with Crippen LogP contribution in [0.2, 0.25) is 0 Å². The summed E-state index contributed by atoms with van der Waals surface area (Å²) >= 11 is 0. The average Bonchev–Trinajstić information content (AvgIpc) is 2.52. The molecular weight excluding hydrogens is 278 g/mol. The zero-order valence-electron chi connectivity index (χ0n) is 13.0. The van der Waals surface area contributed by atoms with Gasteiger partial charge in [0, 0.05) is 32.0 Å². The highest BCUT2D eigenvalue weighted by atomic mass is 16.5. The third kappa shape index (κ3) is 4.30. The van der Waals surface area contributed by atoms with Crippen LogP contribution in [0.5, 0.6) is 5.75 Å². The number of ether oxygens (including phenoxy) is 1. The summed E-state index contributed by atoms with van der Waals surface area (Å²) in [6.45, 7) is 0.915. The van der Waals surface area contributed by atoms with E-state index in [1.165, 1.54) is 11.3 Å². The first-order valence-corrected chi connectivity index (χ1v) is 7.23. The Bertz CT molecular complexity index is 597. The van der Waals surface area contributed by atoms with Gasteiger partial charge in [0.15, 0.2) is 0 Å². The summed E-state index contributed by atoms with van der Waals surface area (Å²) in [5, 5.41) is 12.2. The van der Waals surface area contributed by atoms with E-state index in [0.717, 1.165) is 5.69 Å². The first kappa shape index (κ1) is 16.0. The van der Waals surface area contributed by atoms with E-state index < -0.39 is 0 Å². The van der Waals surface area contributed by atoms with Crippen molar-refractivity contribution in [2.45, 2.75) is 6.54 Å². The van der Waals surface area contributed by atoms with Crippen LogP contribution in [0.4, 0.5) is 17.1 Å². The fourth-order valence-electron chi connectivity index (χ4n) is 2.08. The number of nitrogen functional groups attached to an aromatic ring is 1. The maximum absolute atomic E-state index is 8.88. The molecule has 0 saturated heterocycles. The molecule has 0 bridgehead atoms. The molecule has 0 unspecified atom stereocenters. The summed E-state index contributed by atoms with van der Waals surface area (Å²) in [6, 6.07) is 13.8. The zero-order valence-corrected chi connectivity index (χ0v) is 13.0. The molecule has 0 saturated carbocycles. The monoisotopic (exact) mass is 301 g/mol. The molecule has 4 N–H and O–H groups in total. The smallest absolute Gasteiger partial charge is 0.142 e. The Morgan fingerprint density at radius 3 is 2.50 bits per heavy atom. The molecule has 5 nitrogen and oxygen atoms in total. The van der Waals surface area contributed by atoms with Gasteiger partial charge in [0.05, 0.1) is 12.3 Å². The SMILES string of the molecule is CN(C)c1ccc(CNc2cc(N)ccc2OCCO)cc1. The lowest BCUT2D eigenvalue weighted by atomic mass is 10.2. The van der Waals surface area contributed by atoms with Gasteiger partial charge >= 0.3 is 0 Å². The lowest BCUT2D eigenvalue weighted by molar-refractivity contribution is 0.202. The lowest BCUT2D eigenvalue weighted by Crippen LogP contribution is -2.09. The summed E-state index contributed by atoms with van der Waals surface area (Å²) in [5.74, 6) is 0.688. The van der Waals surface area contributed by atoms with Crippen LogP contribution in [0, 0.1) is 0 Å². The van der Waals surface area contributed by atoms with Crippen LogP contribution in [0.15, 0.2) is 42.5 Å². The van der Waals surface area contributed by atoms with Crippen LogP contribution in [0.3, 0.4) is 0 Å². The fraction of sp³-hybridized carbons (Fsp3) is 0.294. The number of hydrogen-bond acceptors (Lipinski definition) is 5. The summed E-state index contributed by atoms with van der Waals surface area (Å²) in [6.07, 6.45) is 0. The molecule has 0 spiro atoms. The maximum atomic E-state index is 8.88. The highest BCUT2D eigenvalue weighted by Crippen LogP contribution is 2.27. The first-order chi connectivity index (χ1) is 10.6. The lowest BCUT2D eigenvalue weighted by Gasteiger charge is -2.15. The van der Waals surface area contributed by atoms with Gasteiger partial charge in [-0.1, -0.05) is 12.1 Å². The van der Waals surface area contributed by atoms with Crippen LogP contribution in [0.1, 0.15) is 5.56 Å². The molecule has 22 heavy (non-hydrogen) atoms. The second-order valence-corrected chi connectivity index (χ2v) is 5.24. The fourth-order valence-corrected chi connectivity index (χ4v) is 2.08. The van der Waals surface area contributed by atoms with Crippen LogP contribution in [-0.4, -0.2) is 32.4 Å². The largest absolute Gasteiger partial charge is 0.489 e. The molecule has 0 atom stereocenters. The molecule has 2 aromatic rings. The van der Waals surface area contributed by atoms with Crippen molar-refractivity contribution in [1.82, 2.24) is 0 Å². The number of nitrogens with one attached hydrogen (secondary N) is 1. The summed E-state index contributed by atoms with van der Waals surface area (Å²) in [4.78, 5) is 2.07. The van der Waals surface area contributed by atoms with Gasteiger partial charge in [-0.15, -0.1) is 0 Å². The Balaban J connectivity index is 2.05. The van der Waals surface area contributed by atoms with Crippen molar-refractivity contribution in [1.29, 1.82) is 0 Å². The van der Waals surface area contributed by atoms with Crippen LogP contribution < -0.4 is 20.7 Å². The number of nitrogens with zero attached hydrogens (tertiary/aromatic N) is 1. The van der Waals surface area contributed by atoms with Crippen molar-refractivity contribution in [3.8, 4) is 5.75 Å². The van der Waals surface area contributed by atoms with Gasteiger partial charge in [0.2, 0.25) is 0 Å². The zero-order chi connectivity index (χ0) is 15.9. The average molecular weight is 301 g/mol. The topological polar surface area (TPSA) is 70.8 Å². The number of hydrogen-bond donors (Lipinski definition) is 3. The van der Waals surface area contributed by atoms with E-state index in [2.05, 4.69) is 34.5 Å². The molecule has 0 radical (unpaired) electrons. The normalized spacial score (nSPS) is 10.3. The van der Waals surface area contributed by atoms with Crippen molar-refractivity contribution < 1.29 is 9.84 Å². The van der Waals surface area contributed by atoms with Crippen LogP contribution in [-0.2, 0) is 6.54 Å². The van der Waals surface area contributed by atoms with Crippen molar-refractivity contribution in [2.75, 3.05) is 43.3 Å². The summed E-state index contributed by atoms with van der Waals surface area (Å²) in [5.41, 5.74) is 9.65. The highest BCUT2D eigenvalue weighted by Gasteiger charge is 2.05. The van der Waals surface area contributed by atoms with E-state index in [-0.39, 0.29) is 13.2 Å². The maximum Gasteiger partial charge on any atom is 0.142 e. The molecule has 0 fully saturated rings. The van der Waals surface area contributed by atoms with Gasteiger partial charge < -0.3 is 25.8 Å². The van der Waals surface area contributed by atoms with Crippen LogP contribution >= 0.6 is 0 Å². The predicted octanol–water partition coefficient (Wildman–Crippen LogP) is 2.32. The second kappa shape index (κ2) is 7.56. The second-order valence-electron chi connectivity index (χ2n) is 5.24. The van der Waals surface area contributed by atoms with Crippen molar-refractivity contribution in [3.05, 3.63) is 48.0 Å². The molecule has 0 aliphatic rings. The van der Waals surface area contributed by atoms with E-state index >= 15 is 0 Å². The molecule has 5 heteroatoms. The quantitative estimate of drug-likeness (QED) is 0.685. The van der Waals surface area contributed by atoms with Gasteiger partial charge in [-0.2, -0.15) is 0 Å². The minimum absolute atomic E-state index is 0.0180. The predicted molar refractivity (Wildman–Crippen MR) is 91.5 cm³/mol. The molecule has 0 amide bonds. The number of nitrogens with two attached hydrogens (primary N) is 1. The van der Waals surface area contributed by atoms with Gasteiger partial charge in [-0.05, 0) is 35.9 Å². The van der Waals surface area contributed by atoms with Crippen LogP contribution in [0.25, 0.3) is 0 Å². The van der Waals surface area contributed by atoms with Gasteiger partial charge in [-0.25, -0.2) is 0 Å². The highest BCUT2D eigenvalue weighted by molar-refractivity contribution is 5.63. The Hall–Kier alpha value is -2.40. The van der Waals surface area contributed by atoms with Crippen molar-refractivity contribution in [3.63, 3.8) is 0 Å². The first-order valence-electron chi connectivity index (χ1n) is 7.23. The Morgan fingerprint density at radius 1 is 1.14 bits per heavy atom. The Kier molecular flexibility index (Phi) is 5.49. The van der Waals surface area contributed by atoms with Gasteiger partial charge in [0.25, 0.3) is 0 Å². The molecule has 2 aromatic carbocycles. The Morgan fingerprint density at radius 2 is 1.86 bits per heavy atom. The molecule has 0 heterocycles. The molecule has 0 aliphatic heterocycles. The number of benzene rings is 2. The molecule has 118 valence electrons. The van der Waals surface area contributed by atoms with E-state index in [9.17, 15) is 0 Å². The molecule has 0 aromatic heterocycles. The summed E-state index contributed by atoms with van der Waals surface area (Å²) < 4.78 is 5.51. The number of aliphatic hydroxyl groups excluding tert-OH is 1. The summed E-state index contributed by atoms with van der Waals surface area (Å²) in [7, 11) is 4.04. The number of rotatable bonds is 7. The molecule has 2 rings (SSSR count). The van der Waals surface area contributed by atoms with Crippen molar-refractivity contribution in [2.24, 2.45) is 0 Å². The minimum atomic E-state index is -0.0180. The number of anilines is 3.